The summed E-state index contributed by atoms with van der Waals surface area (Å²) in [4.78, 5) is 10.3. The van der Waals surface area contributed by atoms with Crippen LogP contribution in [0.25, 0.3) is 0 Å². The maximum atomic E-state index is 10.3. The minimum Gasteiger partial charge on any atom is -0.489 e. The van der Waals surface area contributed by atoms with Gasteiger partial charge in [-0.05, 0) is 23.3 Å². The number of hydrogen-bond donors (Lipinski definition) is 2. The fourth-order valence-electron chi connectivity index (χ4n) is 1.70. The van der Waals surface area contributed by atoms with Crippen LogP contribution in [0.2, 0.25) is 0 Å². The Balaban J connectivity index is 1.96. The first-order valence-electron chi connectivity index (χ1n) is 6.34. The fourth-order valence-corrected chi connectivity index (χ4v) is 1.70. The van der Waals surface area contributed by atoms with Crippen LogP contribution in [-0.4, -0.2) is 16.2 Å². The molecule has 2 aromatic carbocycles. The molecule has 0 saturated heterocycles. The molecule has 2 rings (SSSR count). The van der Waals surface area contributed by atoms with E-state index < -0.39 is 12.1 Å². The molecule has 0 amide bonds. The summed E-state index contributed by atoms with van der Waals surface area (Å²) in [6.07, 6.45) is -1.12. The summed E-state index contributed by atoms with van der Waals surface area (Å²) in [6.45, 7) is 0.460. The Kier molecular flexibility index (Phi) is 4.97. The van der Waals surface area contributed by atoms with E-state index in [2.05, 4.69) is 5.92 Å². The van der Waals surface area contributed by atoms with Crippen molar-refractivity contribution in [1.82, 2.24) is 0 Å². The Morgan fingerprint density at radius 3 is 2.38 bits per heavy atom. The molecule has 1 unspecified atom stereocenters. The molecule has 0 spiro atoms. The highest BCUT2D eigenvalue weighted by molar-refractivity contribution is 5.86. The lowest BCUT2D eigenvalue weighted by molar-refractivity contribution is -0.130. The van der Waals surface area contributed by atoms with Crippen LogP contribution in [0.4, 0.5) is 0 Å². The van der Waals surface area contributed by atoms with Crippen molar-refractivity contribution in [2.75, 3.05) is 0 Å². The van der Waals surface area contributed by atoms with Crippen molar-refractivity contribution in [3.05, 3.63) is 65.7 Å². The topological polar surface area (TPSA) is 66.8 Å². The number of ether oxygens (including phenoxy) is 1. The molecule has 21 heavy (non-hydrogen) atoms. The third kappa shape index (κ3) is 4.68. The number of carboxylic acids is 1. The third-order valence-electron chi connectivity index (χ3n) is 2.76. The smallest absolute Gasteiger partial charge is 0.382 e. The third-order valence-corrected chi connectivity index (χ3v) is 2.76. The highest BCUT2D eigenvalue weighted by atomic mass is 16.5. The zero-order chi connectivity index (χ0) is 15.1. The van der Waals surface area contributed by atoms with E-state index in [0.717, 1.165) is 5.56 Å². The van der Waals surface area contributed by atoms with E-state index in [9.17, 15) is 9.90 Å². The Hall–Kier alpha value is -2.77. The van der Waals surface area contributed by atoms with Gasteiger partial charge in [-0.25, -0.2) is 4.79 Å². The van der Waals surface area contributed by atoms with Crippen molar-refractivity contribution in [2.24, 2.45) is 0 Å². The zero-order valence-electron chi connectivity index (χ0n) is 11.2. The quantitative estimate of drug-likeness (QED) is 0.845. The van der Waals surface area contributed by atoms with Gasteiger partial charge in [-0.2, -0.15) is 0 Å². The summed E-state index contributed by atoms with van der Waals surface area (Å²) >= 11 is 0. The van der Waals surface area contributed by atoms with E-state index in [-0.39, 0.29) is 0 Å². The first kappa shape index (κ1) is 14.6. The van der Waals surface area contributed by atoms with Crippen LogP contribution >= 0.6 is 0 Å². The maximum absolute atomic E-state index is 10.3. The molecule has 106 valence electrons. The van der Waals surface area contributed by atoms with Crippen molar-refractivity contribution in [1.29, 1.82) is 0 Å². The normalized spacial score (nSPS) is 11.1. The van der Waals surface area contributed by atoms with E-state index in [1.165, 1.54) is 0 Å². The molecular weight excluding hydrogens is 268 g/mol. The summed E-state index contributed by atoms with van der Waals surface area (Å²) < 4.78 is 5.61. The molecule has 2 aromatic rings. The predicted molar refractivity (Wildman–Crippen MR) is 77.6 cm³/mol. The highest BCUT2D eigenvalue weighted by Crippen LogP contribution is 2.18. The van der Waals surface area contributed by atoms with E-state index in [4.69, 9.17) is 9.84 Å². The number of hydrogen-bond acceptors (Lipinski definition) is 3. The zero-order valence-corrected chi connectivity index (χ0v) is 11.2. The average molecular weight is 282 g/mol. The Labute approximate surface area is 122 Å². The van der Waals surface area contributed by atoms with Gasteiger partial charge < -0.3 is 14.9 Å². The van der Waals surface area contributed by atoms with Crippen LogP contribution in [0.5, 0.6) is 5.75 Å². The molecular formula is C17H14O4. The number of rotatable bonds is 4. The molecule has 0 aromatic heterocycles. The molecule has 0 aliphatic heterocycles. The van der Waals surface area contributed by atoms with Crippen molar-refractivity contribution in [2.45, 2.75) is 12.7 Å². The predicted octanol–water partition coefficient (Wildman–Crippen LogP) is 2.39. The highest BCUT2D eigenvalue weighted by Gasteiger charge is 2.04. The van der Waals surface area contributed by atoms with Crippen molar-refractivity contribution in [3.63, 3.8) is 0 Å². The number of carboxylic acid groups (broad SMARTS) is 1. The lowest BCUT2D eigenvalue weighted by Gasteiger charge is -2.08. The number of benzene rings is 2. The number of aliphatic hydroxyl groups excluding tert-OH is 1. The number of aliphatic hydroxyl groups is 1. The van der Waals surface area contributed by atoms with Crippen LogP contribution in [0.1, 0.15) is 17.2 Å². The van der Waals surface area contributed by atoms with Gasteiger partial charge in [0.05, 0.1) is 0 Å². The standard InChI is InChI=1S/C17H14O4/c18-16(10-11-17(19)20)14-6-8-15(9-7-14)21-12-13-4-2-1-3-5-13/h1-9,16,18H,12H2,(H,19,20). The van der Waals surface area contributed by atoms with Gasteiger partial charge in [0.25, 0.3) is 0 Å². The second-order valence-corrected chi connectivity index (χ2v) is 4.32. The first-order chi connectivity index (χ1) is 10.1. The van der Waals surface area contributed by atoms with Gasteiger partial charge in [0.2, 0.25) is 0 Å². The second kappa shape index (κ2) is 7.13. The maximum Gasteiger partial charge on any atom is 0.382 e. The van der Waals surface area contributed by atoms with Crippen LogP contribution < -0.4 is 4.74 Å². The lowest BCUT2D eigenvalue weighted by Crippen LogP contribution is -1.98. The molecule has 0 saturated carbocycles. The molecule has 0 fully saturated rings. The van der Waals surface area contributed by atoms with Gasteiger partial charge in [0.1, 0.15) is 18.5 Å². The Bertz CT molecular complexity index is 651. The van der Waals surface area contributed by atoms with Gasteiger partial charge in [-0.1, -0.05) is 48.4 Å². The van der Waals surface area contributed by atoms with Crippen LogP contribution in [-0.2, 0) is 11.4 Å². The average Bonchev–Trinajstić information content (AvgIpc) is 2.52. The number of aliphatic carboxylic acids is 1. The van der Waals surface area contributed by atoms with Gasteiger partial charge >= 0.3 is 5.97 Å². The van der Waals surface area contributed by atoms with Crippen molar-refractivity contribution < 1.29 is 19.7 Å². The van der Waals surface area contributed by atoms with E-state index in [1.807, 2.05) is 36.3 Å². The van der Waals surface area contributed by atoms with Crippen LogP contribution in [0.15, 0.2) is 54.6 Å². The van der Waals surface area contributed by atoms with Crippen LogP contribution in [0.3, 0.4) is 0 Å². The summed E-state index contributed by atoms with van der Waals surface area (Å²) in [5, 5.41) is 18.1. The van der Waals surface area contributed by atoms with Gasteiger partial charge in [0, 0.05) is 5.92 Å². The molecule has 0 heterocycles. The summed E-state index contributed by atoms with van der Waals surface area (Å²) in [5.74, 6) is 3.53. The summed E-state index contributed by atoms with van der Waals surface area (Å²) in [6, 6.07) is 16.5. The Morgan fingerprint density at radius 1 is 1.10 bits per heavy atom. The summed E-state index contributed by atoms with van der Waals surface area (Å²) in [5.41, 5.74) is 1.59. The fraction of sp³-hybridized carbons (Fsp3) is 0.118. The number of carbonyl (C=O) groups is 1. The Morgan fingerprint density at radius 2 is 1.76 bits per heavy atom. The van der Waals surface area contributed by atoms with E-state index >= 15 is 0 Å². The molecule has 0 radical (unpaired) electrons. The molecule has 4 heteroatoms. The molecule has 0 bridgehead atoms. The second-order valence-electron chi connectivity index (χ2n) is 4.32. The van der Waals surface area contributed by atoms with Crippen molar-refractivity contribution in [3.8, 4) is 17.6 Å². The first-order valence-corrected chi connectivity index (χ1v) is 6.34. The molecule has 0 aliphatic carbocycles. The van der Waals surface area contributed by atoms with E-state index in [1.54, 1.807) is 24.3 Å². The SMILES string of the molecule is O=C(O)C#CC(O)c1ccc(OCc2ccccc2)cc1. The molecule has 2 N–H and O–H groups in total. The van der Waals surface area contributed by atoms with Gasteiger partial charge in [-0.3, -0.25) is 0 Å². The minimum absolute atomic E-state index is 0.460. The van der Waals surface area contributed by atoms with Crippen LogP contribution in [0, 0.1) is 11.8 Å². The van der Waals surface area contributed by atoms with Gasteiger partial charge in [0.15, 0.2) is 0 Å². The monoisotopic (exact) mass is 282 g/mol. The van der Waals surface area contributed by atoms with Gasteiger partial charge in [-0.15, -0.1) is 0 Å². The van der Waals surface area contributed by atoms with Crippen molar-refractivity contribution >= 4 is 5.97 Å². The molecule has 0 aliphatic rings. The lowest BCUT2D eigenvalue weighted by atomic mass is 10.1. The molecule has 4 nitrogen and oxygen atoms in total. The largest absolute Gasteiger partial charge is 0.489 e. The molecule has 1 atom stereocenters. The van der Waals surface area contributed by atoms with E-state index in [0.29, 0.717) is 17.9 Å². The summed E-state index contributed by atoms with van der Waals surface area (Å²) in [7, 11) is 0. The minimum atomic E-state index is -1.27.